The van der Waals surface area contributed by atoms with E-state index in [0.29, 0.717) is 19.2 Å². The van der Waals surface area contributed by atoms with Crippen LogP contribution in [0, 0.1) is 3.57 Å². The Bertz CT molecular complexity index is 1490. The summed E-state index contributed by atoms with van der Waals surface area (Å²) in [7, 11) is -4.16. The number of amides is 2. The topological polar surface area (TPSA) is 90.0 Å². The van der Waals surface area contributed by atoms with Crippen LogP contribution in [0.5, 0.6) is 11.5 Å². The van der Waals surface area contributed by atoms with Gasteiger partial charge in [0, 0.05) is 10.0 Å². The van der Waals surface area contributed by atoms with Gasteiger partial charge in [-0.1, -0.05) is 35.3 Å². The van der Waals surface area contributed by atoms with E-state index in [1.807, 2.05) is 22.6 Å². The lowest BCUT2D eigenvalue weighted by atomic mass is 10.1. The molecule has 1 aliphatic heterocycles. The molecule has 0 N–H and O–H groups in total. The van der Waals surface area contributed by atoms with E-state index in [9.17, 15) is 18.0 Å². The Hall–Kier alpha value is -2.25. The van der Waals surface area contributed by atoms with Gasteiger partial charge in [-0.2, -0.15) is 8.42 Å². The standard InChI is InChI=1S/C25H18Cl2INO6S2/c1-2-34-21-12-16(11-20(28)23(21)35-37(32,33)19-9-7-18(27)8-10-19)13-22-24(30)29(25(31)36-22)14-15-3-5-17(26)6-4-15/h3-13H,2,14H2,1H3/b22-13-. The highest BCUT2D eigenvalue weighted by Crippen LogP contribution is 2.39. The van der Waals surface area contributed by atoms with Crippen molar-refractivity contribution in [3.8, 4) is 11.5 Å². The lowest BCUT2D eigenvalue weighted by Gasteiger charge is -2.15. The molecule has 0 saturated carbocycles. The Kier molecular flexibility index (Phi) is 8.74. The Morgan fingerprint density at radius 2 is 1.62 bits per heavy atom. The van der Waals surface area contributed by atoms with Gasteiger partial charge in [-0.3, -0.25) is 14.5 Å². The largest absolute Gasteiger partial charge is 0.490 e. The van der Waals surface area contributed by atoms with Gasteiger partial charge in [0.1, 0.15) is 4.90 Å². The molecule has 12 heteroatoms. The summed E-state index contributed by atoms with van der Waals surface area (Å²) in [5.74, 6) is -0.229. The summed E-state index contributed by atoms with van der Waals surface area (Å²) in [6.45, 7) is 2.11. The van der Waals surface area contributed by atoms with Crippen LogP contribution in [0.3, 0.4) is 0 Å². The van der Waals surface area contributed by atoms with Gasteiger partial charge in [-0.05, 0) is 107 Å². The Morgan fingerprint density at radius 3 is 2.24 bits per heavy atom. The molecule has 1 aliphatic rings. The van der Waals surface area contributed by atoms with Crippen molar-refractivity contribution in [2.24, 2.45) is 0 Å². The van der Waals surface area contributed by atoms with Crippen molar-refractivity contribution in [1.82, 2.24) is 4.90 Å². The molecule has 0 radical (unpaired) electrons. The minimum Gasteiger partial charge on any atom is -0.490 e. The van der Waals surface area contributed by atoms with Crippen LogP contribution in [0.2, 0.25) is 10.0 Å². The van der Waals surface area contributed by atoms with E-state index in [1.54, 1.807) is 49.4 Å². The van der Waals surface area contributed by atoms with Crippen molar-refractivity contribution in [3.63, 3.8) is 0 Å². The van der Waals surface area contributed by atoms with E-state index in [0.717, 1.165) is 22.2 Å². The molecule has 37 heavy (non-hydrogen) atoms. The van der Waals surface area contributed by atoms with E-state index in [2.05, 4.69) is 0 Å². The fourth-order valence-electron chi connectivity index (χ4n) is 3.33. The van der Waals surface area contributed by atoms with Crippen LogP contribution >= 0.6 is 57.6 Å². The molecule has 4 rings (SSSR count). The second kappa shape index (κ2) is 11.6. The van der Waals surface area contributed by atoms with Crippen molar-refractivity contribution in [3.05, 3.63) is 90.3 Å². The first kappa shape index (κ1) is 27.8. The van der Waals surface area contributed by atoms with Crippen LogP contribution in [0.1, 0.15) is 18.1 Å². The molecule has 3 aromatic rings. The van der Waals surface area contributed by atoms with Crippen molar-refractivity contribution >= 4 is 84.9 Å². The molecular weight excluding hydrogens is 672 g/mol. The molecule has 2 amide bonds. The summed E-state index contributed by atoms with van der Waals surface area (Å²) < 4.78 is 37.2. The summed E-state index contributed by atoms with van der Waals surface area (Å²) in [6, 6.07) is 15.7. The first-order valence-corrected chi connectivity index (χ1v) is 14.8. The van der Waals surface area contributed by atoms with Crippen molar-refractivity contribution in [2.45, 2.75) is 18.4 Å². The zero-order chi connectivity index (χ0) is 26.7. The van der Waals surface area contributed by atoms with Crippen LogP contribution in [-0.4, -0.2) is 31.1 Å². The van der Waals surface area contributed by atoms with Crippen molar-refractivity contribution in [2.75, 3.05) is 6.61 Å². The minimum absolute atomic E-state index is 0.0189. The molecule has 0 aromatic heterocycles. The Labute approximate surface area is 242 Å². The molecule has 0 atom stereocenters. The minimum atomic E-state index is -4.16. The van der Waals surface area contributed by atoms with E-state index in [-0.39, 0.29) is 39.7 Å². The predicted octanol–water partition coefficient (Wildman–Crippen LogP) is 7.00. The van der Waals surface area contributed by atoms with Gasteiger partial charge in [0.05, 0.1) is 21.6 Å². The van der Waals surface area contributed by atoms with E-state index in [4.69, 9.17) is 32.1 Å². The molecule has 7 nitrogen and oxygen atoms in total. The predicted molar refractivity (Wildman–Crippen MR) is 153 cm³/mol. The Balaban J connectivity index is 1.61. The number of ether oxygens (including phenoxy) is 1. The van der Waals surface area contributed by atoms with Gasteiger partial charge in [0.25, 0.3) is 11.1 Å². The number of carbonyl (C=O) groups excluding carboxylic acids is 2. The fourth-order valence-corrected chi connectivity index (χ4v) is 6.27. The quantitative estimate of drug-likeness (QED) is 0.143. The summed E-state index contributed by atoms with van der Waals surface area (Å²) >= 11 is 14.5. The van der Waals surface area contributed by atoms with E-state index in [1.165, 1.54) is 24.3 Å². The molecule has 0 spiro atoms. The smallest absolute Gasteiger partial charge is 0.339 e. The van der Waals surface area contributed by atoms with Gasteiger partial charge in [0.15, 0.2) is 11.5 Å². The third-order valence-corrected chi connectivity index (χ3v) is 8.50. The monoisotopic (exact) mass is 689 g/mol. The van der Waals surface area contributed by atoms with E-state index < -0.39 is 16.0 Å². The number of imide groups is 1. The van der Waals surface area contributed by atoms with Gasteiger partial charge in [-0.25, -0.2) is 0 Å². The van der Waals surface area contributed by atoms with Crippen molar-refractivity contribution < 1.29 is 26.9 Å². The summed E-state index contributed by atoms with van der Waals surface area (Å²) in [5.41, 5.74) is 1.31. The number of nitrogens with zero attached hydrogens (tertiary/aromatic N) is 1. The highest BCUT2D eigenvalue weighted by atomic mass is 127. The average Bonchev–Trinajstić information content (AvgIpc) is 3.10. The molecule has 1 heterocycles. The number of halogens is 3. The highest BCUT2D eigenvalue weighted by Gasteiger charge is 2.35. The lowest BCUT2D eigenvalue weighted by molar-refractivity contribution is -0.123. The van der Waals surface area contributed by atoms with Gasteiger partial charge >= 0.3 is 10.1 Å². The zero-order valence-corrected chi connectivity index (χ0v) is 24.4. The molecule has 0 unspecified atom stereocenters. The second-order valence-electron chi connectivity index (χ2n) is 7.65. The number of carbonyl (C=O) groups is 2. The summed E-state index contributed by atoms with van der Waals surface area (Å²) in [6.07, 6.45) is 1.56. The van der Waals surface area contributed by atoms with Gasteiger partial charge < -0.3 is 8.92 Å². The number of hydrogen-bond donors (Lipinski definition) is 0. The maximum absolute atomic E-state index is 13.0. The summed E-state index contributed by atoms with van der Waals surface area (Å²) in [5, 5.41) is 0.566. The van der Waals surface area contributed by atoms with Crippen LogP contribution in [0.25, 0.3) is 6.08 Å². The number of thioether (sulfide) groups is 1. The maximum atomic E-state index is 13.0. The second-order valence-corrected chi connectivity index (χ2v) is 12.2. The lowest BCUT2D eigenvalue weighted by Crippen LogP contribution is -2.27. The molecule has 3 aromatic carbocycles. The summed E-state index contributed by atoms with van der Waals surface area (Å²) in [4.78, 5) is 26.8. The molecular formula is C25H18Cl2INO6S2. The Morgan fingerprint density at radius 1 is 1.00 bits per heavy atom. The zero-order valence-electron chi connectivity index (χ0n) is 19.1. The van der Waals surface area contributed by atoms with Crippen LogP contribution < -0.4 is 8.92 Å². The first-order valence-electron chi connectivity index (χ1n) is 10.7. The number of hydrogen-bond acceptors (Lipinski definition) is 7. The van der Waals surface area contributed by atoms with Crippen LogP contribution in [-0.2, 0) is 21.5 Å². The van der Waals surface area contributed by atoms with Crippen LogP contribution in [0.4, 0.5) is 4.79 Å². The average molecular weight is 690 g/mol. The molecule has 1 fully saturated rings. The van der Waals surface area contributed by atoms with Gasteiger partial charge in [0.2, 0.25) is 0 Å². The normalized spacial score (nSPS) is 14.9. The van der Waals surface area contributed by atoms with Gasteiger partial charge in [-0.15, -0.1) is 0 Å². The third-order valence-electron chi connectivity index (χ3n) is 5.05. The molecule has 192 valence electrons. The number of rotatable bonds is 8. The highest BCUT2D eigenvalue weighted by molar-refractivity contribution is 14.1. The molecule has 1 saturated heterocycles. The first-order chi connectivity index (χ1) is 17.6. The number of benzene rings is 3. The molecule has 0 aliphatic carbocycles. The SMILES string of the molecule is CCOc1cc(/C=C2\SC(=O)N(Cc3ccc(Cl)cc3)C2=O)cc(I)c1OS(=O)(=O)c1ccc(Cl)cc1. The fraction of sp³-hybridized carbons (Fsp3) is 0.120. The molecule has 0 bridgehead atoms. The maximum Gasteiger partial charge on any atom is 0.339 e. The van der Waals surface area contributed by atoms with Crippen LogP contribution in [0.15, 0.2) is 70.5 Å². The van der Waals surface area contributed by atoms with E-state index >= 15 is 0 Å². The third kappa shape index (κ3) is 6.61. The van der Waals surface area contributed by atoms with Crippen molar-refractivity contribution in [1.29, 1.82) is 0 Å².